The predicted octanol–water partition coefficient (Wildman–Crippen LogP) is 2.99. The van der Waals surface area contributed by atoms with Crippen molar-refractivity contribution >= 4 is 27.3 Å². The Kier molecular flexibility index (Phi) is 8.34. The Labute approximate surface area is 221 Å². The van der Waals surface area contributed by atoms with E-state index in [4.69, 9.17) is 4.74 Å². The Hall–Kier alpha value is -3.48. The van der Waals surface area contributed by atoms with E-state index in [1.54, 1.807) is 11.6 Å². The first-order chi connectivity index (χ1) is 18.1. The number of rotatable bonds is 10. The Morgan fingerprint density at radius 1 is 1.24 bits per heavy atom. The zero-order valence-electron chi connectivity index (χ0n) is 21.6. The number of hydrogen-bond donors (Lipinski definition) is 2. The van der Waals surface area contributed by atoms with Gasteiger partial charge in [-0.1, -0.05) is 29.5 Å². The zero-order valence-corrected chi connectivity index (χ0v) is 22.4. The molecular weight excluding hydrogens is 512 g/mol. The number of aromatic nitrogens is 3. The Bertz CT molecular complexity index is 1470. The largest absolute Gasteiger partial charge is 0.480 e. The van der Waals surface area contributed by atoms with Gasteiger partial charge in [-0.05, 0) is 61.1 Å². The third kappa shape index (κ3) is 5.82. The second-order valence-corrected chi connectivity index (χ2v) is 10.7. The van der Waals surface area contributed by atoms with Crippen molar-refractivity contribution in [1.82, 2.24) is 19.3 Å². The van der Waals surface area contributed by atoms with E-state index in [0.29, 0.717) is 18.5 Å². The lowest BCUT2D eigenvalue weighted by Gasteiger charge is -2.25. The summed E-state index contributed by atoms with van der Waals surface area (Å²) in [5.74, 6) is -1.36. The fourth-order valence-corrected chi connectivity index (χ4v) is 5.56. The molecule has 0 amide bonds. The minimum absolute atomic E-state index is 0.0220. The maximum atomic E-state index is 12.7. The monoisotopic (exact) mass is 544 g/mol. The molecule has 204 valence electrons. The molecule has 1 unspecified atom stereocenters. The maximum Gasteiger partial charge on any atom is 0.388 e. The van der Waals surface area contributed by atoms with E-state index in [1.807, 2.05) is 44.2 Å². The molecule has 0 saturated heterocycles. The van der Waals surface area contributed by atoms with Crippen LogP contribution in [0.3, 0.4) is 0 Å². The fraction of sp³-hybridized carbons (Fsp3) is 0.423. The van der Waals surface area contributed by atoms with Gasteiger partial charge in [0, 0.05) is 38.2 Å². The average Bonchev–Trinajstić information content (AvgIpc) is 3.28. The first-order valence-corrected chi connectivity index (χ1v) is 13.8. The number of aliphatic hydroxyl groups excluding tert-OH is 2. The summed E-state index contributed by atoms with van der Waals surface area (Å²) in [5, 5.41) is 27.2. The molecule has 2 N–H and O–H groups in total. The van der Waals surface area contributed by atoms with Crippen LogP contribution in [0, 0.1) is 13.8 Å². The average molecular weight is 545 g/mol. The smallest absolute Gasteiger partial charge is 0.388 e. The van der Waals surface area contributed by atoms with Crippen LogP contribution in [-0.4, -0.2) is 63.7 Å². The van der Waals surface area contributed by atoms with Crippen molar-refractivity contribution in [1.29, 1.82) is 0 Å². The van der Waals surface area contributed by atoms with Gasteiger partial charge >= 0.3 is 16.3 Å². The standard InChI is InChI=1S/C26H32N4O7S/c1-4-36-25(33)15-22(21-8-9-23-26(18(21)3)27-28-30(23)11-5-13-31)19-7-6-17(2)20(14-19)16-29-12-10-24(32)37-38(29,34)35/h6-10,14,22,31-32H,4-5,11-13,15-16H2,1-3H3. The number of esters is 1. The summed E-state index contributed by atoms with van der Waals surface area (Å²) in [7, 11) is -4.13. The third-order valence-electron chi connectivity index (χ3n) is 6.66. The summed E-state index contributed by atoms with van der Waals surface area (Å²) >= 11 is 0. The van der Waals surface area contributed by atoms with Crippen LogP contribution in [-0.2, 0) is 37.1 Å². The molecule has 1 atom stereocenters. The highest BCUT2D eigenvalue weighted by molar-refractivity contribution is 7.84. The molecule has 0 fully saturated rings. The molecule has 3 aromatic rings. The van der Waals surface area contributed by atoms with Crippen molar-refractivity contribution in [3.05, 3.63) is 70.2 Å². The van der Waals surface area contributed by atoms with Crippen LogP contribution in [0.1, 0.15) is 53.5 Å². The molecule has 2 heterocycles. The van der Waals surface area contributed by atoms with E-state index in [1.165, 1.54) is 6.08 Å². The van der Waals surface area contributed by atoms with Gasteiger partial charge in [-0.25, -0.2) is 4.68 Å². The van der Waals surface area contributed by atoms with Gasteiger partial charge in [-0.3, -0.25) is 4.79 Å². The second kappa shape index (κ2) is 11.5. The molecule has 11 nitrogen and oxygen atoms in total. The molecule has 1 aromatic heterocycles. The minimum atomic E-state index is -4.13. The van der Waals surface area contributed by atoms with Crippen LogP contribution in [0.25, 0.3) is 11.0 Å². The number of carbonyl (C=O) groups is 1. The van der Waals surface area contributed by atoms with Crippen LogP contribution < -0.4 is 0 Å². The number of carbonyl (C=O) groups excluding carboxylic acids is 1. The van der Waals surface area contributed by atoms with Gasteiger partial charge in [0.25, 0.3) is 5.95 Å². The number of nitrogens with zero attached hydrogens (tertiary/aromatic N) is 4. The minimum Gasteiger partial charge on any atom is -0.480 e. The molecule has 0 spiro atoms. The molecule has 38 heavy (non-hydrogen) atoms. The van der Waals surface area contributed by atoms with Crippen LogP contribution in [0.2, 0.25) is 0 Å². The normalized spacial score (nSPS) is 16.2. The van der Waals surface area contributed by atoms with E-state index in [0.717, 1.165) is 37.6 Å². The number of benzene rings is 2. The van der Waals surface area contributed by atoms with Gasteiger partial charge < -0.3 is 19.1 Å². The van der Waals surface area contributed by atoms with Gasteiger partial charge in [-0.15, -0.1) is 5.10 Å². The number of hydrogen-bond acceptors (Lipinski definition) is 9. The van der Waals surface area contributed by atoms with Crippen molar-refractivity contribution in [2.45, 2.75) is 52.6 Å². The van der Waals surface area contributed by atoms with Gasteiger partial charge in [0.1, 0.15) is 5.52 Å². The van der Waals surface area contributed by atoms with Crippen LogP contribution in [0.15, 0.2) is 42.4 Å². The maximum absolute atomic E-state index is 12.7. The Morgan fingerprint density at radius 3 is 2.74 bits per heavy atom. The van der Waals surface area contributed by atoms with Crippen molar-refractivity contribution in [2.75, 3.05) is 19.8 Å². The summed E-state index contributed by atoms with van der Waals surface area (Å²) < 4.78 is 37.6. The van der Waals surface area contributed by atoms with Gasteiger partial charge in [-0.2, -0.15) is 12.7 Å². The molecule has 0 saturated carbocycles. The van der Waals surface area contributed by atoms with Crippen molar-refractivity contribution in [3.63, 3.8) is 0 Å². The summed E-state index contributed by atoms with van der Waals surface area (Å²) in [4.78, 5) is 12.7. The van der Waals surface area contributed by atoms with E-state index >= 15 is 0 Å². The van der Waals surface area contributed by atoms with Gasteiger partial charge in [0.15, 0.2) is 0 Å². The summed E-state index contributed by atoms with van der Waals surface area (Å²) in [6.45, 7) is 6.44. The number of ether oxygens (including phenoxy) is 1. The summed E-state index contributed by atoms with van der Waals surface area (Å²) in [6.07, 6.45) is 1.93. The van der Waals surface area contributed by atoms with E-state index in [9.17, 15) is 23.4 Å². The highest BCUT2D eigenvalue weighted by Crippen LogP contribution is 2.35. The molecule has 0 bridgehead atoms. The van der Waals surface area contributed by atoms with Gasteiger partial charge in [0.2, 0.25) is 0 Å². The number of fused-ring (bicyclic) bond motifs is 1. The molecule has 4 rings (SSSR count). The second-order valence-electron chi connectivity index (χ2n) is 9.16. The highest BCUT2D eigenvalue weighted by atomic mass is 32.2. The lowest BCUT2D eigenvalue weighted by atomic mass is 9.84. The molecule has 12 heteroatoms. The predicted molar refractivity (Wildman–Crippen MR) is 139 cm³/mol. The van der Waals surface area contributed by atoms with Crippen LogP contribution >= 0.6 is 0 Å². The molecule has 0 radical (unpaired) electrons. The lowest BCUT2D eigenvalue weighted by Crippen LogP contribution is -2.35. The fourth-order valence-electron chi connectivity index (χ4n) is 4.62. The SMILES string of the molecule is CCOC(=O)CC(c1ccc(C)c(CN2CC=C(O)OS2(=O)=O)c1)c1ccc2c(nnn2CCCO)c1C. The van der Waals surface area contributed by atoms with Crippen molar-refractivity contribution in [2.24, 2.45) is 0 Å². The third-order valence-corrected chi connectivity index (χ3v) is 7.95. The first-order valence-electron chi connectivity index (χ1n) is 12.4. The zero-order chi connectivity index (χ0) is 27.4. The quantitative estimate of drug-likeness (QED) is 0.368. The molecule has 1 aliphatic heterocycles. The lowest BCUT2D eigenvalue weighted by molar-refractivity contribution is -0.143. The van der Waals surface area contributed by atoms with Crippen molar-refractivity contribution < 1.29 is 32.3 Å². The first kappa shape index (κ1) is 27.6. The van der Waals surface area contributed by atoms with E-state index in [2.05, 4.69) is 14.5 Å². The molecule has 0 aliphatic carbocycles. The summed E-state index contributed by atoms with van der Waals surface area (Å²) in [5.41, 5.74) is 5.75. The summed E-state index contributed by atoms with van der Waals surface area (Å²) in [6, 6.07) is 9.59. The number of aliphatic hydroxyl groups is 2. The van der Waals surface area contributed by atoms with Gasteiger partial charge in [0.05, 0.1) is 18.5 Å². The Balaban J connectivity index is 1.74. The van der Waals surface area contributed by atoms with Crippen LogP contribution in [0.4, 0.5) is 0 Å². The van der Waals surface area contributed by atoms with Crippen LogP contribution in [0.5, 0.6) is 0 Å². The van der Waals surface area contributed by atoms with E-state index in [-0.39, 0.29) is 44.6 Å². The number of aryl methyl sites for hydroxylation is 3. The van der Waals surface area contributed by atoms with E-state index < -0.39 is 16.2 Å². The Morgan fingerprint density at radius 2 is 2.03 bits per heavy atom. The molecular formula is C26H32N4O7S. The highest BCUT2D eigenvalue weighted by Gasteiger charge is 2.30. The topological polar surface area (TPSA) is 144 Å². The van der Waals surface area contributed by atoms with Crippen molar-refractivity contribution in [3.8, 4) is 0 Å². The molecule has 2 aromatic carbocycles. The molecule has 1 aliphatic rings.